The lowest BCUT2D eigenvalue weighted by atomic mass is 10.1. The molecule has 0 spiro atoms. The zero-order chi connectivity index (χ0) is 16.1. The van der Waals surface area contributed by atoms with E-state index < -0.39 is 0 Å². The molecule has 0 aromatic carbocycles. The van der Waals surface area contributed by atoms with Gasteiger partial charge in [0.15, 0.2) is 0 Å². The SMILES string of the molecule is C=C(C)C(=O)NC(C)N(CCCCCC)CCCCCC. The second-order valence-electron chi connectivity index (χ2n) is 6.09. The Bertz CT molecular complexity index is 277. The van der Waals surface area contributed by atoms with Crippen molar-refractivity contribution in [2.45, 2.75) is 85.2 Å². The molecule has 1 unspecified atom stereocenters. The van der Waals surface area contributed by atoms with Gasteiger partial charge in [0.2, 0.25) is 5.91 Å². The minimum atomic E-state index is -0.0328. The number of carbonyl (C=O) groups is 1. The standard InChI is InChI=1S/C18H36N2O/c1-6-8-10-12-14-20(15-13-11-9-7-2)17(5)19-18(21)16(3)4/h17H,3,6-15H2,1-2,4-5H3,(H,19,21). The van der Waals surface area contributed by atoms with Crippen LogP contribution in [-0.2, 0) is 4.79 Å². The van der Waals surface area contributed by atoms with E-state index in [1.807, 2.05) is 0 Å². The van der Waals surface area contributed by atoms with E-state index in [-0.39, 0.29) is 12.1 Å². The fourth-order valence-electron chi connectivity index (χ4n) is 2.39. The van der Waals surface area contributed by atoms with Crippen LogP contribution in [0, 0.1) is 0 Å². The molecule has 3 heteroatoms. The van der Waals surface area contributed by atoms with Crippen molar-refractivity contribution in [1.29, 1.82) is 0 Å². The fraction of sp³-hybridized carbons (Fsp3) is 0.833. The zero-order valence-corrected chi connectivity index (χ0v) is 14.7. The summed E-state index contributed by atoms with van der Waals surface area (Å²) < 4.78 is 0. The highest BCUT2D eigenvalue weighted by atomic mass is 16.1. The van der Waals surface area contributed by atoms with Crippen molar-refractivity contribution in [3.63, 3.8) is 0 Å². The molecule has 0 aliphatic carbocycles. The van der Waals surface area contributed by atoms with E-state index in [1.165, 1.54) is 51.4 Å². The molecule has 21 heavy (non-hydrogen) atoms. The summed E-state index contributed by atoms with van der Waals surface area (Å²) in [7, 11) is 0. The summed E-state index contributed by atoms with van der Waals surface area (Å²) in [5, 5.41) is 3.05. The molecular weight excluding hydrogens is 260 g/mol. The largest absolute Gasteiger partial charge is 0.337 e. The first-order valence-electron chi connectivity index (χ1n) is 8.73. The van der Waals surface area contributed by atoms with Crippen LogP contribution in [0.1, 0.15) is 79.1 Å². The lowest BCUT2D eigenvalue weighted by molar-refractivity contribution is -0.119. The van der Waals surface area contributed by atoms with Gasteiger partial charge in [-0.05, 0) is 26.7 Å². The number of hydrogen-bond acceptors (Lipinski definition) is 2. The number of unbranched alkanes of at least 4 members (excludes halogenated alkanes) is 6. The van der Waals surface area contributed by atoms with Gasteiger partial charge in [-0.25, -0.2) is 0 Å². The van der Waals surface area contributed by atoms with Crippen molar-refractivity contribution in [1.82, 2.24) is 10.2 Å². The number of hydrogen-bond donors (Lipinski definition) is 1. The Kier molecular flexibility index (Phi) is 12.4. The highest BCUT2D eigenvalue weighted by Gasteiger charge is 2.15. The van der Waals surface area contributed by atoms with Gasteiger partial charge >= 0.3 is 0 Å². The summed E-state index contributed by atoms with van der Waals surface area (Å²) in [5.74, 6) is -0.0328. The quantitative estimate of drug-likeness (QED) is 0.308. The Morgan fingerprint density at radius 1 is 1.00 bits per heavy atom. The molecule has 0 saturated heterocycles. The van der Waals surface area contributed by atoms with E-state index in [4.69, 9.17) is 0 Å². The maximum Gasteiger partial charge on any atom is 0.247 e. The van der Waals surface area contributed by atoms with Crippen molar-refractivity contribution in [2.24, 2.45) is 0 Å². The smallest absolute Gasteiger partial charge is 0.247 e. The fourth-order valence-corrected chi connectivity index (χ4v) is 2.39. The Morgan fingerprint density at radius 3 is 1.86 bits per heavy atom. The van der Waals surface area contributed by atoms with Gasteiger partial charge in [-0.15, -0.1) is 0 Å². The molecule has 1 N–H and O–H groups in total. The molecule has 0 heterocycles. The second-order valence-corrected chi connectivity index (χ2v) is 6.09. The Balaban J connectivity index is 4.25. The van der Waals surface area contributed by atoms with E-state index >= 15 is 0 Å². The van der Waals surface area contributed by atoms with E-state index in [2.05, 4.69) is 37.6 Å². The average Bonchev–Trinajstić information content (AvgIpc) is 2.45. The van der Waals surface area contributed by atoms with Gasteiger partial charge < -0.3 is 5.32 Å². The molecule has 0 saturated carbocycles. The van der Waals surface area contributed by atoms with Crippen LogP contribution in [0.2, 0.25) is 0 Å². The van der Waals surface area contributed by atoms with Crippen LogP contribution >= 0.6 is 0 Å². The van der Waals surface area contributed by atoms with Crippen LogP contribution in [0.25, 0.3) is 0 Å². The van der Waals surface area contributed by atoms with Gasteiger partial charge in [0, 0.05) is 18.7 Å². The Labute approximate surface area is 132 Å². The van der Waals surface area contributed by atoms with Gasteiger partial charge in [-0.3, -0.25) is 9.69 Å². The van der Waals surface area contributed by atoms with Crippen LogP contribution in [0.15, 0.2) is 12.2 Å². The van der Waals surface area contributed by atoms with E-state index in [0.29, 0.717) is 5.57 Å². The van der Waals surface area contributed by atoms with E-state index in [0.717, 1.165) is 13.1 Å². The molecule has 0 aliphatic rings. The summed E-state index contributed by atoms with van der Waals surface area (Å²) in [4.78, 5) is 14.2. The van der Waals surface area contributed by atoms with Gasteiger partial charge in [0.05, 0.1) is 6.17 Å². The maximum atomic E-state index is 11.8. The highest BCUT2D eigenvalue weighted by Crippen LogP contribution is 2.08. The molecular formula is C18H36N2O. The molecule has 124 valence electrons. The predicted octanol–water partition coefficient (Wildman–Crippen LogP) is 4.49. The number of rotatable bonds is 13. The third-order valence-corrected chi connectivity index (χ3v) is 3.87. The first-order valence-corrected chi connectivity index (χ1v) is 8.73. The van der Waals surface area contributed by atoms with Crippen molar-refractivity contribution in [3.05, 3.63) is 12.2 Å². The van der Waals surface area contributed by atoms with Crippen LogP contribution in [-0.4, -0.2) is 30.1 Å². The topological polar surface area (TPSA) is 32.3 Å². The third-order valence-electron chi connectivity index (χ3n) is 3.87. The lowest BCUT2D eigenvalue weighted by Gasteiger charge is -2.30. The molecule has 0 aromatic rings. The van der Waals surface area contributed by atoms with Crippen LogP contribution in [0.3, 0.4) is 0 Å². The minimum absolute atomic E-state index is 0.0328. The first kappa shape index (κ1) is 20.2. The van der Waals surface area contributed by atoms with Crippen molar-refractivity contribution >= 4 is 5.91 Å². The molecule has 0 aliphatic heterocycles. The molecule has 0 fully saturated rings. The predicted molar refractivity (Wildman–Crippen MR) is 92.3 cm³/mol. The normalized spacial score (nSPS) is 12.4. The zero-order valence-electron chi connectivity index (χ0n) is 14.7. The number of nitrogens with zero attached hydrogens (tertiary/aromatic N) is 1. The number of carbonyl (C=O) groups excluding carboxylic acids is 1. The van der Waals surface area contributed by atoms with Crippen molar-refractivity contribution < 1.29 is 4.79 Å². The molecule has 0 rings (SSSR count). The molecule has 1 atom stereocenters. The number of amides is 1. The molecule has 1 amide bonds. The van der Waals surface area contributed by atoms with Gasteiger partial charge in [0.25, 0.3) is 0 Å². The van der Waals surface area contributed by atoms with Gasteiger partial charge in [0.1, 0.15) is 0 Å². The Hall–Kier alpha value is -0.830. The summed E-state index contributed by atoms with van der Waals surface area (Å²) in [6, 6.07) is 0. The first-order chi connectivity index (χ1) is 10.0. The second kappa shape index (κ2) is 12.9. The molecule has 3 nitrogen and oxygen atoms in total. The third kappa shape index (κ3) is 10.5. The van der Waals surface area contributed by atoms with Gasteiger partial charge in [-0.2, -0.15) is 0 Å². The summed E-state index contributed by atoms with van der Waals surface area (Å²) in [6.07, 6.45) is 10.2. The highest BCUT2D eigenvalue weighted by molar-refractivity contribution is 5.92. The van der Waals surface area contributed by atoms with E-state index in [1.54, 1.807) is 6.92 Å². The van der Waals surface area contributed by atoms with E-state index in [9.17, 15) is 4.79 Å². The molecule has 0 bridgehead atoms. The molecule has 0 aromatic heterocycles. The lowest BCUT2D eigenvalue weighted by Crippen LogP contribution is -2.47. The Morgan fingerprint density at radius 2 is 1.48 bits per heavy atom. The van der Waals surface area contributed by atoms with Crippen LogP contribution in [0.5, 0.6) is 0 Å². The van der Waals surface area contributed by atoms with Crippen molar-refractivity contribution in [3.8, 4) is 0 Å². The maximum absolute atomic E-state index is 11.8. The number of nitrogens with one attached hydrogen (secondary N) is 1. The van der Waals surface area contributed by atoms with Crippen LogP contribution in [0.4, 0.5) is 0 Å². The van der Waals surface area contributed by atoms with Crippen molar-refractivity contribution in [2.75, 3.05) is 13.1 Å². The average molecular weight is 296 g/mol. The van der Waals surface area contributed by atoms with Crippen LogP contribution < -0.4 is 5.32 Å². The monoisotopic (exact) mass is 296 g/mol. The summed E-state index contributed by atoms with van der Waals surface area (Å²) in [5.41, 5.74) is 0.582. The summed E-state index contributed by atoms with van der Waals surface area (Å²) in [6.45, 7) is 14.2. The minimum Gasteiger partial charge on any atom is -0.337 e. The molecule has 0 radical (unpaired) electrons. The van der Waals surface area contributed by atoms with Gasteiger partial charge in [-0.1, -0.05) is 59.0 Å². The summed E-state index contributed by atoms with van der Waals surface area (Å²) >= 11 is 0.